The second-order valence-electron chi connectivity index (χ2n) is 4.62. The van der Waals surface area contributed by atoms with Crippen LogP contribution in [-0.4, -0.2) is 48.7 Å². The molecule has 0 spiro atoms. The molecule has 0 aliphatic carbocycles. The van der Waals surface area contributed by atoms with Crippen molar-refractivity contribution in [3.8, 4) is 0 Å². The van der Waals surface area contributed by atoms with Gasteiger partial charge in [0.1, 0.15) is 6.61 Å². The van der Waals surface area contributed by atoms with Crippen molar-refractivity contribution in [1.82, 2.24) is 0 Å². The Morgan fingerprint density at radius 2 is 1.33 bits per heavy atom. The first-order valence-electron chi connectivity index (χ1n) is 5.65. The minimum absolute atomic E-state index is 0.0305. The maximum atomic E-state index is 13.6. The lowest BCUT2D eigenvalue weighted by Crippen LogP contribution is -2.61. The third kappa shape index (κ3) is 5.43. The molecule has 144 valence electrons. The van der Waals surface area contributed by atoms with Crippen molar-refractivity contribution in [3.63, 3.8) is 0 Å². The van der Waals surface area contributed by atoms with Crippen LogP contribution >= 0.6 is 0 Å². The molecule has 2 unspecified atom stereocenters. The van der Waals surface area contributed by atoms with E-state index in [0.717, 1.165) is 0 Å². The molecule has 0 aliphatic rings. The van der Waals surface area contributed by atoms with Crippen LogP contribution in [0.1, 0.15) is 13.8 Å². The van der Waals surface area contributed by atoms with Gasteiger partial charge in [0.2, 0.25) is 6.10 Å². The van der Waals surface area contributed by atoms with Gasteiger partial charge in [0.05, 0.1) is 0 Å². The van der Waals surface area contributed by atoms with Crippen LogP contribution in [0.4, 0.5) is 48.3 Å². The van der Waals surface area contributed by atoms with Crippen LogP contribution in [0.5, 0.6) is 0 Å². The van der Waals surface area contributed by atoms with Gasteiger partial charge in [-0.15, -0.1) is 0 Å². The van der Waals surface area contributed by atoms with Crippen LogP contribution < -0.4 is 0 Å². The predicted molar refractivity (Wildman–Crippen MR) is 53.0 cm³/mol. The van der Waals surface area contributed by atoms with Crippen LogP contribution in [0.2, 0.25) is 0 Å². The van der Waals surface area contributed by atoms with Crippen LogP contribution in [-0.2, 0) is 14.3 Å². The highest BCUT2D eigenvalue weighted by atomic mass is 19.4. The molecule has 24 heavy (non-hydrogen) atoms. The van der Waals surface area contributed by atoms with Gasteiger partial charge in [0.15, 0.2) is 5.78 Å². The monoisotopic (exact) mass is 386 g/mol. The highest BCUT2D eigenvalue weighted by Crippen LogP contribution is 2.48. The number of carbonyl (C=O) groups excluding carboxylic acids is 1. The van der Waals surface area contributed by atoms with Gasteiger partial charge < -0.3 is 4.74 Å². The fraction of sp³-hybridized carbons (Fsp3) is 0.900. The van der Waals surface area contributed by atoms with Crippen molar-refractivity contribution in [2.45, 2.75) is 50.2 Å². The van der Waals surface area contributed by atoms with Gasteiger partial charge in [-0.2, -0.15) is 39.5 Å². The van der Waals surface area contributed by atoms with Crippen molar-refractivity contribution in [2.24, 2.45) is 0 Å². The van der Waals surface area contributed by atoms with Crippen molar-refractivity contribution in [1.29, 1.82) is 0 Å². The molecule has 3 nitrogen and oxygen atoms in total. The highest BCUT2D eigenvalue weighted by Gasteiger charge is 2.76. The summed E-state index contributed by atoms with van der Waals surface area (Å²) in [4.78, 5) is 10.6. The summed E-state index contributed by atoms with van der Waals surface area (Å²) in [5.74, 6) is -12.8. The summed E-state index contributed by atoms with van der Waals surface area (Å²) in [7, 11) is 0. The predicted octanol–water partition coefficient (Wildman–Crippen LogP) is 4.02. The number of hydrogen-bond acceptors (Lipinski definition) is 3. The first-order chi connectivity index (χ1) is 10.2. The molecular weight excluding hydrogens is 377 g/mol. The van der Waals surface area contributed by atoms with Crippen LogP contribution in [0.15, 0.2) is 0 Å². The maximum Gasteiger partial charge on any atom is 0.457 e. The smallest absolute Gasteiger partial charge is 0.326 e. The molecule has 0 heterocycles. The summed E-state index contributed by atoms with van der Waals surface area (Å²) >= 11 is 0. The SMILES string of the molecule is CC(=O)C(OC(F)(F)C(F)(OCC(C)(F)F)C(F)(F)F)C(F)(F)F. The van der Waals surface area contributed by atoms with E-state index < -0.39 is 48.7 Å². The van der Waals surface area contributed by atoms with E-state index in [9.17, 15) is 53.1 Å². The fourth-order valence-corrected chi connectivity index (χ4v) is 1.16. The third-order valence-corrected chi connectivity index (χ3v) is 2.20. The van der Waals surface area contributed by atoms with Crippen molar-refractivity contribution in [2.75, 3.05) is 6.61 Å². The first-order valence-corrected chi connectivity index (χ1v) is 5.65. The van der Waals surface area contributed by atoms with E-state index in [1.54, 1.807) is 0 Å². The van der Waals surface area contributed by atoms with E-state index in [0.29, 0.717) is 0 Å². The zero-order valence-corrected chi connectivity index (χ0v) is 11.7. The van der Waals surface area contributed by atoms with Crippen LogP contribution in [0, 0.1) is 0 Å². The van der Waals surface area contributed by atoms with Gasteiger partial charge in [-0.05, 0) is 6.92 Å². The van der Waals surface area contributed by atoms with Gasteiger partial charge in [-0.1, -0.05) is 0 Å². The fourth-order valence-electron chi connectivity index (χ4n) is 1.16. The third-order valence-electron chi connectivity index (χ3n) is 2.20. The Hall–Kier alpha value is -1.18. The molecule has 0 saturated carbocycles. The summed E-state index contributed by atoms with van der Waals surface area (Å²) in [6.45, 7) is -2.65. The summed E-state index contributed by atoms with van der Waals surface area (Å²) in [5.41, 5.74) is 0. The van der Waals surface area contributed by atoms with E-state index >= 15 is 0 Å². The Labute approximate surface area is 126 Å². The second kappa shape index (κ2) is 6.61. The van der Waals surface area contributed by atoms with Gasteiger partial charge in [0, 0.05) is 6.92 Å². The average Bonchev–Trinajstić information content (AvgIpc) is 2.28. The van der Waals surface area contributed by atoms with Gasteiger partial charge in [-0.25, -0.2) is 8.78 Å². The molecule has 0 amide bonds. The van der Waals surface area contributed by atoms with E-state index in [4.69, 9.17) is 0 Å². The molecule has 0 N–H and O–H groups in total. The van der Waals surface area contributed by atoms with E-state index in [1.807, 2.05) is 0 Å². The topological polar surface area (TPSA) is 35.5 Å². The molecule has 2 atom stereocenters. The molecule has 0 aromatic rings. The zero-order valence-electron chi connectivity index (χ0n) is 11.7. The normalized spacial score (nSPS) is 18.2. The van der Waals surface area contributed by atoms with Gasteiger partial charge in [0.25, 0.3) is 5.92 Å². The Kier molecular flexibility index (Phi) is 6.29. The van der Waals surface area contributed by atoms with Gasteiger partial charge in [-0.3, -0.25) is 9.53 Å². The van der Waals surface area contributed by atoms with E-state index in [2.05, 4.69) is 9.47 Å². The molecule has 0 fully saturated rings. The summed E-state index contributed by atoms with van der Waals surface area (Å²) in [6, 6.07) is 0. The quantitative estimate of drug-likeness (QED) is 0.621. The van der Waals surface area contributed by atoms with Crippen LogP contribution in [0.3, 0.4) is 0 Å². The minimum atomic E-state index is -6.77. The van der Waals surface area contributed by atoms with Crippen molar-refractivity contribution < 1.29 is 62.6 Å². The van der Waals surface area contributed by atoms with Crippen molar-refractivity contribution in [3.05, 3.63) is 0 Å². The lowest BCUT2D eigenvalue weighted by molar-refractivity contribution is -0.474. The summed E-state index contributed by atoms with van der Waals surface area (Å²) < 4.78 is 145. The van der Waals surface area contributed by atoms with E-state index in [1.165, 1.54) is 0 Å². The van der Waals surface area contributed by atoms with Gasteiger partial charge >= 0.3 is 24.3 Å². The Bertz CT molecular complexity index is 450. The average molecular weight is 386 g/mol. The standard InChI is InChI=1S/C10H9F11O3/c1-4(22)5(7(13,14)15)24-10(20,21)8(16,9(17,18)19)23-3-6(2,11)12/h5H,3H2,1-2H3. The zero-order chi connectivity index (χ0) is 19.8. The number of alkyl halides is 11. The Balaban J connectivity index is 5.79. The number of ketones is 1. The summed E-state index contributed by atoms with van der Waals surface area (Å²) in [5, 5.41) is 0. The lowest BCUT2D eigenvalue weighted by Gasteiger charge is -2.36. The first kappa shape index (κ1) is 22.8. The molecule has 0 bridgehead atoms. The molecule has 0 aromatic heterocycles. The molecule has 0 aliphatic heterocycles. The maximum absolute atomic E-state index is 13.6. The molecule has 0 rings (SSSR count). The van der Waals surface area contributed by atoms with Crippen molar-refractivity contribution >= 4 is 5.78 Å². The molecule has 14 heteroatoms. The lowest BCUT2D eigenvalue weighted by atomic mass is 10.2. The number of halogens is 11. The number of hydrogen-bond donors (Lipinski definition) is 0. The van der Waals surface area contributed by atoms with Crippen LogP contribution in [0.25, 0.3) is 0 Å². The Morgan fingerprint density at radius 1 is 0.917 bits per heavy atom. The number of rotatable bonds is 7. The molecular formula is C10H9F11O3. The second-order valence-corrected chi connectivity index (χ2v) is 4.62. The number of carbonyl (C=O) groups is 1. The Morgan fingerprint density at radius 3 is 1.58 bits per heavy atom. The summed E-state index contributed by atoms with van der Waals surface area (Å²) in [6.07, 6.45) is -23.3. The highest BCUT2D eigenvalue weighted by molar-refractivity contribution is 5.81. The minimum Gasteiger partial charge on any atom is -0.326 e. The number of Topliss-reactive ketones (excluding diaryl/α,β-unsaturated/α-hetero) is 1. The number of ether oxygens (including phenoxy) is 2. The molecule has 0 aromatic carbocycles. The molecule has 0 radical (unpaired) electrons. The molecule has 0 saturated heterocycles. The van der Waals surface area contributed by atoms with E-state index in [-0.39, 0.29) is 13.8 Å². The largest absolute Gasteiger partial charge is 0.457 e.